The van der Waals surface area contributed by atoms with Gasteiger partial charge in [-0.1, -0.05) is 6.92 Å². The summed E-state index contributed by atoms with van der Waals surface area (Å²) in [6.45, 7) is 4.09. The molecule has 2 aliphatic rings. The van der Waals surface area contributed by atoms with E-state index < -0.39 is 22.8 Å². The van der Waals surface area contributed by atoms with Crippen molar-refractivity contribution >= 4 is 23.5 Å². The molecule has 10 nitrogen and oxygen atoms in total. The second kappa shape index (κ2) is 7.01. The Kier molecular flexibility index (Phi) is 4.79. The molecule has 1 aromatic rings. The van der Waals surface area contributed by atoms with Crippen LogP contribution in [0.15, 0.2) is 12.1 Å². The van der Waals surface area contributed by atoms with E-state index in [1.54, 1.807) is 11.8 Å². The minimum absolute atomic E-state index is 0.0207. The molecule has 2 amide bonds. The number of nitro groups is 1. The smallest absolute Gasteiger partial charge is 0.366 e. The molecular formula is C15H19N5O5. The molecule has 0 radical (unpaired) electrons. The van der Waals surface area contributed by atoms with Gasteiger partial charge in [-0.05, 0) is 22.4 Å². The number of fused-ring (bicyclic) bond motifs is 1. The van der Waals surface area contributed by atoms with Gasteiger partial charge in [-0.3, -0.25) is 14.5 Å². The van der Waals surface area contributed by atoms with Crippen molar-refractivity contribution in [2.45, 2.75) is 19.4 Å². The summed E-state index contributed by atoms with van der Waals surface area (Å²) >= 11 is 0. The minimum atomic E-state index is -0.730. The summed E-state index contributed by atoms with van der Waals surface area (Å²) < 4.78 is 5.57. The molecule has 0 saturated carbocycles. The summed E-state index contributed by atoms with van der Waals surface area (Å²) in [4.78, 5) is 42.3. The maximum Gasteiger partial charge on any atom is 0.366 e. The molecular weight excluding hydrogens is 330 g/mol. The Hall–Kier alpha value is -2.75. The van der Waals surface area contributed by atoms with E-state index in [0.717, 1.165) is 0 Å². The predicted molar refractivity (Wildman–Crippen MR) is 87.4 cm³/mol. The summed E-state index contributed by atoms with van der Waals surface area (Å²) in [5.74, 6) is -0.736. The van der Waals surface area contributed by atoms with Crippen LogP contribution >= 0.6 is 0 Å². The molecule has 2 aliphatic heterocycles. The number of aromatic nitrogens is 1. The lowest BCUT2D eigenvalue weighted by atomic mass is 10.2. The van der Waals surface area contributed by atoms with Crippen LogP contribution in [-0.2, 0) is 9.59 Å². The van der Waals surface area contributed by atoms with Gasteiger partial charge in [0.15, 0.2) is 11.9 Å². The van der Waals surface area contributed by atoms with E-state index in [4.69, 9.17) is 4.74 Å². The Morgan fingerprint density at radius 2 is 2.16 bits per heavy atom. The molecule has 1 unspecified atom stereocenters. The quantitative estimate of drug-likeness (QED) is 0.597. The number of carbonyl (C=O) groups is 2. The second-order valence-electron chi connectivity index (χ2n) is 5.82. The highest BCUT2D eigenvalue weighted by molar-refractivity contribution is 6.03. The van der Waals surface area contributed by atoms with Crippen molar-refractivity contribution in [1.82, 2.24) is 15.2 Å². The number of nitrogens with zero attached hydrogens (tertiary/aromatic N) is 4. The van der Waals surface area contributed by atoms with Gasteiger partial charge < -0.3 is 25.1 Å². The first kappa shape index (κ1) is 17.1. The molecule has 1 aromatic heterocycles. The summed E-state index contributed by atoms with van der Waals surface area (Å²) in [6, 6.07) is 2.63. The number of carbonyl (C=O) groups excluding carboxylic acids is 2. The zero-order valence-electron chi connectivity index (χ0n) is 13.8. The molecule has 1 atom stereocenters. The fraction of sp³-hybridized carbons (Fsp3) is 0.533. The van der Waals surface area contributed by atoms with Crippen molar-refractivity contribution < 1.29 is 19.2 Å². The number of rotatable bonds is 4. The average Bonchev–Trinajstić information content (AvgIpc) is 2.63. The van der Waals surface area contributed by atoms with Crippen LogP contribution in [0.4, 0.5) is 11.6 Å². The standard InChI is InChI=1S/C15H19N5O5/c1-2-10-15(22)19(9-13(21)18-7-5-16-6-8-18)14-11(25-10)3-4-12(17-14)20(23)24/h3-4,10,16H,2,5-9H2,1H3. The molecule has 0 aliphatic carbocycles. The molecule has 0 spiro atoms. The fourth-order valence-electron chi connectivity index (χ4n) is 2.85. The van der Waals surface area contributed by atoms with E-state index in [0.29, 0.717) is 32.6 Å². The Morgan fingerprint density at radius 1 is 1.44 bits per heavy atom. The summed E-state index contributed by atoms with van der Waals surface area (Å²) in [6.07, 6.45) is -0.306. The SMILES string of the molecule is CCC1Oc2ccc([N+](=O)[O-])nc2N(CC(=O)N2CCNCC2)C1=O. The first-order valence-corrected chi connectivity index (χ1v) is 8.13. The normalized spacial score (nSPS) is 20.0. The van der Waals surface area contributed by atoms with Crippen LogP contribution < -0.4 is 15.0 Å². The van der Waals surface area contributed by atoms with Crippen molar-refractivity contribution in [3.8, 4) is 5.75 Å². The van der Waals surface area contributed by atoms with Crippen LogP contribution in [0.25, 0.3) is 0 Å². The number of ether oxygens (including phenoxy) is 1. The lowest BCUT2D eigenvalue weighted by Crippen LogP contribution is -2.53. The zero-order chi connectivity index (χ0) is 18.0. The Bertz CT molecular complexity index is 704. The van der Waals surface area contributed by atoms with Gasteiger partial charge in [0.2, 0.25) is 5.91 Å². The molecule has 134 valence electrons. The third-order valence-corrected chi connectivity index (χ3v) is 4.21. The van der Waals surface area contributed by atoms with Crippen molar-refractivity contribution in [2.24, 2.45) is 0 Å². The highest BCUT2D eigenvalue weighted by Gasteiger charge is 2.39. The highest BCUT2D eigenvalue weighted by atomic mass is 16.6. The lowest BCUT2D eigenvalue weighted by molar-refractivity contribution is -0.389. The number of pyridine rings is 1. The summed E-state index contributed by atoms with van der Waals surface area (Å²) in [5.41, 5.74) is 0. The van der Waals surface area contributed by atoms with E-state index in [1.165, 1.54) is 17.0 Å². The highest BCUT2D eigenvalue weighted by Crippen LogP contribution is 2.34. The number of hydrogen-bond donors (Lipinski definition) is 1. The molecule has 1 fully saturated rings. The average molecular weight is 349 g/mol. The van der Waals surface area contributed by atoms with Crippen LogP contribution in [-0.4, -0.2) is 65.4 Å². The molecule has 0 bridgehead atoms. The van der Waals surface area contributed by atoms with Gasteiger partial charge in [-0.2, -0.15) is 0 Å². The minimum Gasteiger partial charge on any atom is -0.474 e. The van der Waals surface area contributed by atoms with Gasteiger partial charge in [-0.25, -0.2) is 0 Å². The second-order valence-corrected chi connectivity index (χ2v) is 5.82. The largest absolute Gasteiger partial charge is 0.474 e. The van der Waals surface area contributed by atoms with Crippen molar-refractivity contribution in [3.05, 3.63) is 22.2 Å². The monoisotopic (exact) mass is 349 g/mol. The molecule has 1 saturated heterocycles. The van der Waals surface area contributed by atoms with Gasteiger partial charge in [0.1, 0.15) is 6.54 Å². The predicted octanol–water partition coefficient (Wildman–Crippen LogP) is -0.0744. The van der Waals surface area contributed by atoms with Crippen LogP contribution in [0.3, 0.4) is 0 Å². The topological polar surface area (TPSA) is 118 Å². The Balaban J connectivity index is 1.90. The molecule has 3 rings (SSSR count). The van der Waals surface area contributed by atoms with E-state index in [2.05, 4.69) is 10.3 Å². The lowest BCUT2D eigenvalue weighted by Gasteiger charge is -2.33. The molecule has 3 heterocycles. The van der Waals surface area contributed by atoms with Crippen LogP contribution in [0.2, 0.25) is 0 Å². The van der Waals surface area contributed by atoms with E-state index in [9.17, 15) is 19.7 Å². The third-order valence-electron chi connectivity index (χ3n) is 4.21. The zero-order valence-corrected chi connectivity index (χ0v) is 13.8. The molecule has 10 heteroatoms. The number of anilines is 1. The van der Waals surface area contributed by atoms with Crippen molar-refractivity contribution in [1.29, 1.82) is 0 Å². The van der Waals surface area contributed by atoms with Crippen LogP contribution in [0, 0.1) is 10.1 Å². The number of amides is 2. The first-order chi connectivity index (χ1) is 12.0. The number of nitrogens with one attached hydrogen (secondary N) is 1. The van der Waals surface area contributed by atoms with E-state index in [-0.39, 0.29) is 24.0 Å². The molecule has 25 heavy (non-hydrogen) atoms. The fourth-order valence-corrected chi connectivity index (χ4v) is 2.85. The maximum absolute atomic E-state index is 12.6. The van der Waals surface area contributed by atoms with Crippen LogP contribution in [0.5, 0.6) is 5.75 Å². The Morgan fingerprint density at radius 3 is 2.80 bits per heavy atom. The van der Waals surface area contributed by atoms with Crippen LogP contribution in [0.1, 0.15) is 13.3 Å². The molecule has 0 aromatic carbocycles. The van der Waals surface area contributed by atoms with Gasteiger partial charge in [0.05, 0.1) is 0 Å². The van der Waals surface area contributed by atoms with Crippen molar-refractivity contribution in [3.63, 3.8) is 0 Å². The van der Waals surface area contributed by atoms with Crippen molar-refractivity contribution in [2.75, 3.05) is 37.6 Å². The Labute approximate surface area is 143 Å². The van der Waals surface area contributed by atoms with Gasteiger partial charge in [0, 0.05) is 32.2 Å². The number of piperazine rings is 1. The van der Waals surface area contributed by atoms with Gasteiger partial charge >= 0.3 is 5.82 Å². The van der Waals surface area contributed by atoms with Gasteiger partial charge in [-0.15, -0.1) is 0 Å². The third kappa shape index (κ3) is 3.38. The summed E-state index contributed by atoms with van der Waals surface area (Å²) in [7, 11) is 0. The first-order valence-electron chi connectivity index (χ1n) is 8.13. The van der Waals surface area contributed by atoms with E-state index >= 15 is 0 Å². The number of hydrogen-bond acceptors (Lipinski definition) is 7. The molecule has 1 N–H and O–H groups in total. The maximum atomic E-state index is 12.6. The van der Waals surface area contributed by atoms with E-state index in [1.807, 2.05) is 0 Å². The van der Waals surface area contributed by atoms with Gasteiger partial charge in [0.25, 0.3) is 11.7 Å². The summed E-state index contributed by atoms with van der Waals surface area (Å²) in [5, 5.41) is 14.1.